The number of benzene rings is 1. The second kappa shape index (κ2) is 7.02. The van der Waals surface area contributed by atoms with E-state index >= 15 is 0 Å². The van der Waals surface area contributed by atoms with Gasteiger partial charge in [0.05, 0.1) is 24.4 Å². The first-order chi connectivity index (χ1) is 11.6. The minimum absolute atomic E-state index is 0.196. The molecule has 0 unspecified atom stereocenters. The predicted octanol–water partition coefficient (Wildman–Crippen LogP) is 3.19. The summed E-state index contributed by atoms with van der Waals surface area (Å²) in [4.78, 5) is 13.9. The van der Waals surface area contributed by atoms with Crippen molar-refractivity contribution in [3.63, 3.8) is 0 Å². The van der Waals surface area contributed by atoms with Crippen LogP contribution in [0.25, 0.3) is 0 Å². The molecule has 1 aromatic heterocycles. The second-order valence-corrected chi connectivity index (χ2v) is 6.63. The molecule has 24 heavy (non-hydrogen) atoms. The van der Waals surface area contributed by atoms with Crippen LogP contribution in [0, 0.1) is 0 Å². The van der Waals surface area contributed by atoms with Gasteiger partial charge in [0.2, 0.25) is 0 Å². The Kier molecular flexibility index (Phi) is 4.82. The van der Waals surface area contributed by atoms with Crippen molar-refractivity contribution < 1.29 is 9.53 Å². The Morgan fingerprint density at radius 3 is 2.79 bits per heavy atom. The van der Waals surface area contributed by atoms with Crippen LogP contribution in [0.5, 0.6) is 5.75 Å². The minimum atomic E-state index is -0.270. The van der Waals surface area contributed by atoms with Crippen molar-refractivity contribution in [1.29, 1.82) is 0 Å². The van der Waals surface area contributed by atoms with E-state index in [-0.39, 0.29) is 11.9 Å². The first-order valence-electron chi connectivity index (χ1n) is 7.36. The van der Waals surface area contributed by atoms with E-state index < -0.39 is 0 Å². The lowest BCUT2D eigenvalue weighted by molar-refractivity contribution is -0.113. The largest absolute Gasteiger partial charge is 0.495 e. The molecule has 0 fully saturated rings. The number of hydrogen-bond acceptors (Lipinski definition) is 4. The van der Waals surface area contributed by atoms with Gasteiger partial charge in [-0.25, -0.2) is 0 Å². The maximum absolute atomic E-state index is 12.9. The van der Waals surface area contributed by atoms with Gasteiger partial charge in [0, 0.05) is 10.6 Å². The van der Waals surface area contributed by atoms with Gasteiger partial charge in [0.25, 0.3) is 5.91 Å². The molecule has 0 aliphatic carbocycles. The van der Waals surface area contributed by atoms with E-state index in [1.54, 1.807) is 30.6 Å². The lowest BCUT2D eigenvalue weighted by Gasteiger charge is -2.29. The van der Waals surface area contributed by atoms with Gasteiger partial charge in [0.1, 0.15) is 5.75 Å². The number of para-hydroxylation sites is 2. The van der Waals surface area contributed by atoms with Gasteiger partial charge in [-0.1, -0.05) is 18.2 Å². The van der Waals surface area contributed by atoms with Crippen molar-refractivity contribution in [3.05, 3.63) is 57.9 Å². The fraction of sp³-hybridized carbons (Fsp3) is 0.176. The maximum atomic E-state index is 12.9. The molecular formula is C17H17N3O2S2. The molecule has 0 spiro atoms. The van der Waals surface area contributed by atoms with E-state index in [0.29, 0.717) is 22.1 Å². The van der Waals surface area contributed by atoms with E-state index in [2.05, 4.69) is 16.0 Å². The highest BCUT2D eigenvalue weighted by molar-refractivity contribution is 7.80. The Morgan fingerprint density at radius 2 is 2.08 bits per heavy atom. The van der Waals surface area contributed by atoms with Crippen molar-refractivity contribution >= 4 is 40.3 Å². The number of thiocarbonyl (C=S) groups is 1. The van der Waals surface area contributed by atoms with Crippen molar-refractivity contribution in [1.82, 2.24) is 10.6 Å². The molecule has 0 bridgehead atoms. The van der Waals surface area contributed by atoms with Gasteiger partial charge in [0.15, 0.2) is 5.11 Å². The number of thiophene rings is 1. The van der Waals surface area contributed by atoms with Crippen molar-refractivity contribution in [2.24, 2.45) is 0 Å². The molecular weight excluding hydrogens is 342 g/mol. The summed E-state index contributed by atoms with van der Waals surface area (Å²) < 4.78 is 5.30. The van der Waals surface area contributed by atoms with Crippen LogP contribution >= 0.6 is 23.6 Å². The summed E-state index contributed by atoms with van der Waals surface area (Å²) >= 11 is 6.82. The Bertz CT molecular complexity index is 800. The van der Waals surface area contributed by atoms with Gasteiger partial charge in [-0.3, -0.25) is 4.79 Å². The van der Waals surface area contributed by atoms with Gasteiger partial charge in [-0.05, 0) is 42.7 Å². The van der Waals surface area contributed by atoms with Gasteiger partial charge in [-0.2, -0.15) is 0 Å². The van der Waals surface area contributed by atoms with Crippen LogP contribution < -0.4 is 20.7 Å². The fourth-order valence-corrected chi connectivity index (χ4v) is 3.66. The number of carbonyl (C=O) groups is 1. The molecule has 1 aliphatic heterocycles. The van der Waals surface area contributed by atoms with Crippen LogP contribution in [0.15, 0.2) is 53.0 Å². The van der Waals surface area contributed by atoms with Gasteiger partial charge < -0.3 is 20.7 Å². The third kappa shape index (κ3) is 3.27. The Labute approximate surface area is 149 Å². The SMILES string of the molecule is COc1ccccc1NC(=O)C1=C(C)NC(=S)N[C@H]1c1cccs1. The summed E-state index contributed by atoms with van der Waals surface area (Å²) in [5.41, 5.74) is 1.98. The third-order valence-corrected chi connectivity index (χ3v) is 4.85. The number of carbonyl (C=O) groups excluding carboxylic acids is 1. The number of hydrogen-bond donors (Lipinski definition) is 3. The van der Waals surface area contributed by atoms with Crippen LogP contribution in [-0.4, -0.2) is 18.1 Å². The van der Waals surface area contributed by atoms with Gasteiger partial charge >= 0.3 is 0 Å². The minimum Gasteiger partial charge on any atom is -0.495 e. The van der Waals surface area contributed by atoms with E-state index in [1.165, 1.54) is 0 Å². The molecule has 3 rings (SSSR count). The molecule has 0 radical (unpaired) electrons. The zero-order valence-electron chi connectivity index (χ0n) is 13.3. The topological polar surface area (TPSA) is 62.4 Å². The molecule has 1 amide bonds. The Balaban J connectivity index is 1.93. The molecule has 124 valence electrons. The molecule has 2 aromatic rings. The molecule has 1 atom stereocenters. The van der Waals surface area contributed by atoms with Crippen molar-refractivity contribution in [3.8, 4) is 5.75 Å². The predicted molar refractivity (Wildman–Crippen MR) is 100 cm³/mol. The van der Waals surface area contributed by atoms with Crippen LogP contribution in [0.3, 0.4) is 0 Å². The quantitative estimate of drug-likeness (QED) is 0.732. The molecule has 2 heterocycles. The lowest BCUT2D eigenvalue weighted by atomic mass is 10.0. The molecule has 7 heteroatoms. The van der Waals surface area contributed by atoms with Crippen LogP contribution in [0.1, 0.15) is 17.8 Å². The normalized spacial score (nSPS) is 17.1. The van der Waals surface area contributed by atoms with E-state index in [1.807, 2.05) is 36.6 Å². The highest BCUT2D eigenvalue weighted by atomic mass is 32.1. The highest BCUT2D eigenvalue weighted by Gasteiger charge is 2.30. The number of methoxy groups -OCH3 is 1. The first-order valence-corrected chi connectivity index (χ1v) is 8.65. The molecule has 1 aromatic carbocycles. The number of amides is 1. The summed E-state index contributed by atoms with van der Waals surface area (Å²) in [5.74, 6) is 0.418. The molecule has 3 N–H and O–H groups in total. The van der Waals surface area contributed by atoms with Crippen LogP contribution in [0.4, 0.5) is 5.69 Å². The first kappa shape index (κ1) is 16.5. The molecule has 1 aliphatic rings. The molecule has 0 saturated carbocycles. The number of nitrogens with one attached hydrogen (secondary N) is 3. The maximum Gasteiger partial charge on any atom is 0.255 e. The van der Waals surface area contributed by atoms with Gasteiger partial charge in [-0.15, -0.1) is 11.3 Å². The summed E-state index contributed by atoms with van der Waals surface area (Å²) in [7, 11) is 1.58. The smallest absolute Gasteiger partial charge is 0.255 e. The van der Waals surface area contributed by atoms with Crippen LogP contribution in [0.2, 0.25) is 0 Å². The summed E-state index contributed by atoms with van der Waals surface area (Å²) in [5, 5.41) is 11.6. The van der Waals surface area contributed by atoms with Crippen molar-refractivity contribution in [2.75, 3.05) is 12.4 Å². The summed E-state index contributed by atoms with van der Waals surface area (Å²) in [6.45, 7) is 1.85. The average Bonchev–Trinajstić information content (AvgIpc) is 3.08. The standard InChI is InChI=1S/C17H17N3O2S2/c1-10-14(15(20-17(23)18-10)13-8-5-9-24-13)16(21)19-11-6-3-4-7-12(11)22-2/h3-9,15H,1-2H3,(H,19,21)(H2,18,20,23)/t15-/m0/s1. The molecule has 5 nitrogen and oxygen atoms in total. The fourth-order valence-electron chi connectivity index (χ4n) is 2.60. The highest BCUT2D eigenvalue weighted by Crippen LogP contribution is 2.31. The number of allylic oxidation sites excluding steroid dienone is 1. The average molecular weight is 359 g/mol. The summed E-state index contributed by atoms with van der Waals surface area (Å²) in [6.07, 6.45) is 0. The number of rotatable bonds is 4. The zero-order valence-corrected chi connectivity index (χ0v) is 14.9. The third-order valence-electron chi connectivity index (χ3n) is 3.70. The summed E-state index contributed by atoms with van der Waals surface area (Å²) in [6, 6.07) is 11.0. The monoisotopic (exact) mass is 359 g/mol. The van der Waals surface area contributed by atoms with E-state index in [0.717, 1.165) is 10.6 Å². The Hall–Kier alpha value is -2.38. The number of anilines is 1. The second-order valence-electron chi connectivity index (χ2n) is 5.24. The molecule has 0 saturated heterocycles. The van der Waals surface area contributed by atoms with E-state index in [4.69, 9.17) is 17.0 Å². The number of ether oxygens (including phenoxy) is 1. The van der Waals surface area contributed by atoms with E-state index in [9.17, 15) is 4.79 Å². The Morgan fingerprint density at radius 1 is 1.29 bits per heavy atom. The van der Waals surface area contributed by atoms with Crippen LogP contribution in [-0.2, 0) is 4.79 Å². The lowest BCUT2D eigenvalue weighted by Crippen LogP contribution is -2.45. The van der Waals surface area contributed by atoms with Crippen molar-refractivity contribution in [2.45, 2.75) is 13.0 Å². The zero-order chi connectivity index (χ0) is 17.1.